The van der Waals surface area contributed by atoms with Crippen molar-refractivity contribution in [3.8, 4) is 0 Å². The second-order valence-corrected chi connectivity index (χ2v) is 9.28. The summed E-state index contributed by atoms with van der Waals surface area (Å²) in [6, 6.07) is 4.49. The Balaban J connectivity index is 1.56. The number of hydrogen-bond acceptors (Lipinski definition) is 3. The molecule has 6 nitrogen and oxygen atoms in total. The standard InChI is InChI=1S/C22H28F3N3O3/c1-21(2,3)20(31)27-9-7-16(8-10-27)26-19(30)14-11-18(29)28(13-14)17-6-4-5-15(12-17)22(23,24)25/h4-6,12,14,16H,7-11,13H2,1-3H3,(H,26,30). The van der Waals surface area contributed by atoms with Gasteiger partial charge in [0.2, 0.25) is 17.7 Å². The van der Waals surface area contributed by atoms with Crippen molar-refractivity contribution in [3.63, 3.8) is 0 Å². The second kappa shape index (κ2) is 8.51. The molecule has 2 heterocycles. The van der Waals surface area contributed by atoms with Crippen LogP contribution >= 0.6 is 0 Å². The van der Waals surface area contributed by atoms with E-state index < -0.39 is 23.1 Å². The van der Waals surface area contributed by atoms with Gasteiger partial charge in [-0.25, -0.2) is 0 Å². The monoisotopic (exact) mass is 439 g/mol. The zero-order valence-corrected chi connectivity index (χ0v) is 18.0. The lowest BCUT2D eigenvalue weighted by molar-refractivity contribution is -0.140. The molecule has 31 heavy (non-hydrogen) atoms. The average Bonchev–Trinajstić information content (AvgIpc) is 3.08. The maximum atomic E-state index is 13.0. The lowest BCUT2D eigenvalue weighted by Gasteiger charge is -2.36. The van der Waals surface area contributed by atoms with Crippen LogP contribution in [0.15, 0.2) is 24.3 Å². The number of carbonyl (C=O) groups is 3. The molecule has 0 aromatic heterocycles. The Morgan fingerprint density at radius 1 is 1.10 bits per heavy atom. The Morgan fingerprint density at radius 3 is 2.32 bits per heavy atom. The van der Waals surface area contributed by atoms with Crippen LogP contribution in [-0.4, -0.2) is 48.3 Å². The molecule has 3 rings (SSSR count). The van der Waals surface area contributed by atoms with Gasteiger partial charge in [0.15, 0.2) is 0 Å². The van der Waals surface area contributed by atoms with E-state index in [-0.39, 0.29) is 42.4 Å². The minimum Gasteiger partial charge on any atom is -0.353 e. The highest BCUT2D eigenvalue weighted by molar-refractivity contribution is 6.00. The Bertz CT molecular complexity index is 856. The maximum absolute atomic E-state index is 13.0. The summed E-state index contributed by atoms with van der Waals surface area (Å²) in [5.74, 6) is -1.18. The first-order chi connectivity index (χ1) is 14.4. The molecule has 0 spiro atoms. The highest BCUT2D eigenvalue weighted by atomic mass is 19.4. The van der Waals surface area contributed by atoms with Crippen molar-refractivity contribution in [2.75, 3.05) is 24.5 Å². The molecule has 1 unspecified atom stereocenters. The SMILES string of the molecule is CC(C)(C)C(=O)N1CCC(NC(=O)C2CC(=O)N(c3cccc(C(F)(F)F)c3)C2)CC1. The fourth-order valence-corrected chi connectivity index (χ4v) is 4.00. The first-order valence-corrected chi connectivity index (χ1v) is 10.4. The molecule has 9 heteroatoms. The van der Waals surface area contributed by atoms with Crippen LogP contribution < -0.4 is 10.2 Å². The Kier molecular flexibility index (Phi) is 6.34. The second-order valence-electron chi connectivity index (χ2n) is 9.28. The van der Waals surface area contributed by atoms with Crippen molar-refractivity contribution < 1.29 is 27.6 Å². The molecular weight excluding hydrogens is 411 g/mol. The van der Waals surface area contributed by atoms with Crippen LogP contribution in [0.1, 0.15) is 45.6 Å². The fraction of sp³-hybridized carbons (Fsp3) is 0.591. The molecule has 1 N–H and O–H groups in total. The van der Waals surface area contributed by atoms with Gasteiger partial charge in [0.25, 0.3) is 0 Å². The van der Waals surface area contributed by atoms with Crippen molar-refractivity contribution in [2.45, 2.75) is 52.3 Å². The van der Waals surface area contributed by atoms with Gasteiger partial charge in [-0.05, 0) is 31.0 Å². The summed E-state index contributed by atoms with van der Waals surface area (Å²) in [4.78, 5) is 40.5. The van der Waals surface area contributed by atoms with Gasteiger partial charge < -0.3 is 15.1 Å². The molecule has 0 bridgehead atoms. The minimum absolute atomic E-state index is 0.0383. The molecule has 1 atom stereocenters. The fourth-order valence-electron chi connectivity index (χ4n) is 4.00. The molecule has 2 fully saturated rings. The normalized spacial score (nSPS) is 20.8. The van der Waals surface area contributed by atoms with E-state index in [1.807, 2.05) is 20.8 Å². The van der Waals surface area contributed by atoms with Crippen LogP contribution in [0.4, 0.5) is 18.9 Å². The third-order valence-corrected chi connectivity index (χ3v) is 5.75. The zero-order valence-electron chi connectivity index (χ0n) is 18.0. The van der Waals surface area contributed by atoms with E-state index in [0.717, 1.165) is 12.1 Å². The number of carbonyl (C=O) groups excluding carboxylic acids is 3. The molecule has 170 valence electrons. The number of alkyl halides is 3. The number of likely N-dealkylation sites (tertiary alicyclic amines) is 1. The van der Waals surface area contributed by atoms with Crippen molar-refractivity contribution in [1.82, 2.24) is 10.2 Å². The molecule has 0 radical (unpaired) electrons. The number of anilines is 1. The number of benzene rings is 1. The van der Waals surface area contributed by atoms with E-state index in [4.69, 9.17) is 0 Å². The number of amides is 3. The Morgan fingerprint density at radius 2 is 1.74 bits per heavy atom. The van der Waals surface area contributed by atoms with Crippen LogP contribution in [0.25, 0.3) is 0 Å². The highest BCUT2D eigenvalue weighted by Gasteiger charge is 2.38. The first-order valence-electron chi connectivity index (χ1n) is 10.4. The summed E-state index contributed by atoms with van der Waals surface area (Å²) < 4.78 is 38.9. The summed E-state index contributed by atoms with van der Waals surface area (Å²) in [6.45, 7) is 6.78. The molecule has 2 aliphatic rings. The van der Waals surface area contributed by atoms with E-state index in [0.29, 0.717) is 25.9 Å². The third kappa shape index (κ3) is 5.37. The van der Waals surface area contributed by atoms with Crippen LogP contribution in [0, 0.1) is 11.3 Å². The topological polar surface area (TPSA) is 69.7 Å². The first kappa shape index (κ1) is 23.1. The van der Waals surface area contributed by atoms with Crippen LogP contribution in [0.2, 0.25) is 0 Å². The lowest BCUT2D eigenvalue weighted by Crippen LogP contribution is -2.50. The van der Waals surface area contributed by atoms with Crippen LogP contribution in [0.5, 0.6) is 0 Å². The van der Waals surface area contributed by atoms with Crippen LogP contribution in [0.3, 0.4) is 0 Å². The van der Waals surface area contributed by atoms with Gasteiger partial charge in [-0.3, -0.25) is 14.4 Å². The van der Waals surface area contributed by atoms with Gasteiger partial charge in [0.05, 0.1) is 11.5 Å². The van der Waals surface area contributed by atoms with Gasteiger partial charge in [-0.15, -0.1) is 0 Å². The van der Waals surface area contributed by atoms with Crippen molar-refractivity contribution >= 4 is 23.4 Å². The molecule has 0 aliphatic carbocycles. The molecular formula is C22H28F3N3O3. The number of hydrogen-bond donors (Lipinski definition) is 1. The highest BCUT2D eigenvalue weighted by Crippen LogP contribution is 2.33. The molecule has 0 saturated carbocycles. The van der Waals surface area contributed by atoms with E-state index in [1.54, 1.807) is 4.90 Å². The van der Waals surface area contributed by atoms with Gasteiger partial charge in [0, 0.05) is 43.2 Å². The molecule has 3 amide bonds. The number of rotatable bonds is 3. The van der Waals surface area contributed by atoms with Crippen LogP contribution in [-0.2, 0) is 20.6 Å². The Labute approximate surface area is 179 Å². The number of nitrogens with zero attached hydrogens (tertiary/aromatic N) is 2. The summed E-state index contributed by atoms with van der Waals surface area (Å²) in [5.41, 5.74) is -1.14. The maximum Gasteiger partial charge on any atom is 0.416 e. The van der Waals surface area contributed by atoms with Crippen molar-refractivity contribution in [2.24, 2.45) is 11.3 Å². The van der Waals surface area contributed by atoms with E-state index >= 15 is 0 Å². The number of halogens is 3. The third-order valence-electron chi connectivity index (χ3n) is 5.75. The largest absolute Gasteiger partial charge is 0.416 e. The minimum atomic E-state index is -4.50. The van der Waals surface area contributed by atoms with E-state index in [9.17, 15) is 27.6 Å². The van der Waals surface area contributed by atoms with Gasteiger partial charge >= 0.3 is 6.18 Å². The van der Waals surface area contributed by atoms with Gasteiger partial charge in [-0.1, -0.05) is 26.8 Å². The molecule has 2 aliphatic heterocycles. The summed E-state index contributed by atoms with van der Waals surface area (Å²) in [5, 5.41) is 2.95. The smallest absolute Gasteiger partial charge is 0.353 e. The summed E-state index contributed by atoms with van der Waals surface area (Å²) in [6.07, 6.45) is -3.28. The van der Waals surface area contributed by atoms with Crippen molar-refractivity contribution in [1.29, 1.82) is 0 Å². The van der Waals surface area contributed by atoms with Crippen molar-refractivity contribution in [3.05, 3.63) is 29.8 Å². The molecule has 1 aromatic rings. The summed E-state index contributed by atoms with van der Waals surface area (Å²) >= 11 is 0. The van der Waals surface area contributed by atoms with Gasteiger partial charge in [0.1, 0.15) is 0 Å². The molecule has 2 saturated heterocycles. The molecule has 1 aromatic carbocycles. The lowest BCUT2D eigenvalue weighted by atomic mass is 9.93. The zero-order chi connectivity index (χ0) is 23.0. The Hall–Kier alpha value is -2.58. The van der Waals surface area contributed by atoms with Gasteiger partial charge in [-0.2, -0.15) is 13.2 Å². The predicted octanol–water partition coefficient (Wildman–Crippen LogP) is 3.21. The van der Waals surface area contributed by atoms with E-state index in [2.05, 4.69) is 5.32 Å². The van der Waals surface area contributed by atoms with E-state index in [1.165, 1.54) is 17.0 Å². The number of nitrogens with one attached hydrogen (secondary N) is 1. The predicted molar refractivity (Wildman–Crippen MR) is 109 cm³/mol. The quantitative estimate of drug-likeness (QED) is 0.786. The number of piperidine rings is 1. The average molecular weight is 439 g/mol. The summed E-state index contributed by atoms with van der Waals surface area (Å²) in [7, 11) is 0.